The standard InChI is InChI=1S/C13H17FN2O2/c14-11-4-9(6-16-8-11)5-15-7-10-2-1-3-12(10)13(17)18/h4,6,8,10,12,15H,1-3,5,7H2,(H,17,18). The molecule has 0 bridgehead atoms. The second-order valence-corrected chi connectivity index (χ2v) is 4.78. The summed E-state index contributed by atoms with van der Waals surface area (Å²) in [4.78, 5) is 14.8. The lowest BCUT2D eigenvalue weighted by Crippen LogP contribution is -2.28. The number of rotatable bonds is 5. The Hall–Kier alpha value is -1.49. The van der Waals surface area contributed by atoms with Gasteiger partial charge >= 0.3 is 5.97 Å². The summed E-state index contributed by atoms with van der Waals surface area (Å²) in [5.74, 6) is -1.10. The Morgan fingerprint density at radius 1 is 1.50 bits per heavy atom. The Balaban J connectivity index is 1.80. The van der Waals surface area contributed by atoms with E-state index >= 15 is 0 Å². The van der Waals surface area contributed by atoms with Crippen LogP contribution in [0.5, 0.6) is 0 Å². The SMILES string of the molecule is O=C(O)C1CCCC1CNCc1cncc(F)c1. The van der Waals surface area contributed by atoms with Crippen molar-refractivity contribution in [3.05, 3.63) is 29.8 Å². The zero-order valence-corrected chi connectivity index (χ0v) is 10.1. The van der Waals surface area contributed by atoms with Crippen molar-refractivity contribution >= 4 is 5.97 Å². The van der Waals surface area contributed by atoms with Gasteiger partial charge in [0, 0.05) is 12.7 Å². The van der Waals surface area contributed by atoms with Crippen LogP contribution in [0.25, 0.3) is 0 Å². The molecule has 1 saturated carbocycles. The van der Waals surface area contributed by atoms with Gasteiger partial charge in [-0.15, -0.1) is 0 Å². The van der Waals surface area contributed by atoms with Gasteiger partial charge in [-0.3, -0.25) is 9.78 Å². The molecule has 0 aliphatic heterocycles. The number of aromatic nitrogens is 1. The van der Waals surface area contributed by atoms with Crippen molar-refractivity contribution in [2.45, 2.75) is 25.8 Å². The molecule has 2 atom stereocenters. The van der Waals surface area contributed by atoms with Gasteiger partial charge in [-0.25, -0.2) is 4.39 Å². The number of halogens is 1. The van der Waals surface area contributed by atoms with Gasteiger partial charge in [0.15, 0.2) is 0 Å². The number of hydrogen-bond acceptors (Lipinski definition) is 3. The summed E-state index contributed by atoms with van der Waals surface area (Å²) < 4.78 is 12.9. The molecule has 1 aromatic heterocycles. The maximum Gasteiger partial charge on any atom is 0.306 e. The molecule has 1 aliphatic carbocycles. The number of carboxylic acid groups (broad SMARTS) is 1. The third-order valence-electron chi connectivity index (χ3n) is 3.47. The van der Waals surface area contributed by atoms with E-state index in [9.17, 15) is 9.18 Å². The molecule has 4 nitrogen and oxygen atoms in total. The second-order valence-electron chi connectivity index (χ2n) is 4.78. The summed E-state index contributed by atoms with van der Waals surface area (Å²) >= 11 is 0. The van der Waals surface area contributed by atoms with E-state index in [2.05, 4.69) is 10.3 Å². The van der Waals surface area contributed by atoms with E-state index in [4.69, 9.17) is 5.11 Å². The Morgan fingerprint density at radius 2 is 2.33 bits per heavy atom. The number of pyridine rings is 1. The van der Waals surface area contributed by atoms with Crippen molar-refractivity contribution in [2.75, 3.05) is 6.54 Å². The first-order valence-electron chi connectivity index (χ1n) is 6.20. The zero-order chi connectivity index (χ0) is 13.0. The first kappa shape index (κ1) is 13.0. The van der Waals surface area contributed by atoms with Gasteiger partial charge < -0.3 is 10.4 Å². The fraction of sp³-hybridized carbons (Fsp3) is 0.538. The van der Waals surface area contributed by atoms with Gasteiger partial charge in [-0.2, -0.15) is 0 Å². The molecule has 0 spiro atoms. The number of aliphatic carboxylic acids is 1. The van der Waals surface area contributed by atoms with Crippen molar-refractivity contribution in [1.82, 2.24) is 10.3 Å². The quantitative estimate of drug-likeness (QED) is 0.839. The van der Waals surface area contributed by atoms with Crippen LogP contribution in [0.15, 0.2) is 18.5 Å². The minimum Gasteiger partial charge on any atom is -0.481 e. The van der Waals surface area contributed by atoms with E-state index in [1.807, 2.05) is 0 Å². The fourth-order valence-electron chi connectivity index (χ4n) is 2.56. The van der Waals surface area contributed by atoms with Crippen LogP contribution in [0.1, 0.15) is 24.8 Å². The van der Waals surface area contributed by atoms with E-state index in [1.165, 1.54) is 12.3 Å². The van der Waals surface area contributed by atoms with E-state index < -0.39 is 5.97 Å². The molecule has 5 heteroatoms. The number of carbonyl (C=O) groups is 1. The highest BCUT2D eigenvalue weighted by molar-refractivity contribution is 5.70. The first-order chi connectivity index (χ1) is 8.66. The van der Waals surface area contributed by atoms with Crippen LogP contribution in [0.4, 0.5) is 4.39 Å². The monoisotopic (exact) mass is 252 g/mol. The minimum absolute atomic E-state index is 0.184. The highest BCUT2D eigenvalue weighted by Crippen LogP contribution is 2.31. The van der Waals surface area contributed by atoms with Gasteiger partial charge in [0.05, 0.1) is 12.1 Å². The van der Waals surface area contributed by atoms with Gasteiger partial charge in [0.1, 0.15) is 5.82 Å². The highest BCUT2D eigenvalue weighted by Gasteiger charge is 2.32. The summed E-state index contributed by atoms with van der Waals surface area (Å²) in [5.41, 5.74) is 0.778. The van der Waals surface area contributed by atoms with Crippen molar-refractivity contribution in [3.63, 3.8) is 0 Å². The molecule has 2 N–H and O–H groups in total. The smallest absolute Gasteiger partial charge is 0.306 e. The average Bonchev–Trinajstić information content (AvgIpc) is 2.77. The van der Waals surface area contributed by atoms with Crippen LogP contribution in [0.3, 0.4) is 0 Å². The van der Waals surface area contributed by atoms with Crippen molar-refractivity contribution in [2.24, 2.45) is 11.8 Å². The summed E-state index contributed by atoms with van der Waals surface area (Å²) in [6.07, 6.45) is 5.47. The summed E-state index contributed by atoms with van der Waals surface area (Å²) in [7, 11) is 0. The average molecular weight is 252 g/mol. The van der Waals surface area contributed by atoms with Crippen LogP contribution in [-0.4, -0.2) is 22.6 Å². The predicted molar refractivity (Wildman–Crippen MR) is 64.4 cm³/mol. The van der Waals surface area contributed by atoms with Gasteiger partial charge in [-0.1, -0.05) is 6.42 Å². The van der Waals surface area contributed by atoms with E-state index in [0.29, 0.717) is 13.1 Å². The van der Waals surface area contributed by atoms with Crippen molar-refractivity contribution in [3.8, 4) is 0 Å². The number of carboxylic acids is 1. The Labute approximate surface area is 105 Å². The van der Waals surface area contributed by atoms with Crippen LogP contribution in [-0.2, 0) is 11.3 Å². The molecule has 1 aromatic rings. The maximum atomic E-state index is 12.9. The molecule has 0 saturated heterocycles. The highest BCUT2D eigenvalue weighted by atomic mass is 19.1. The zero-order valence-electron chi connectivity index (χ0n) is 10.1. The molecule has 18 heavy (non-hydrogen) atoms. The lowest BCUT2D eigenvalue weighted by Gasteiger charge is -2.16. The summed E-state index contributed by atoms with van der Waals surface area (Å²) in [6.45, 7) is 1.18. The number of hydrogen-bond donors (Lipinski definition) is 2. The van der Waals surface area contributed by atoms with Gasteiger partial charge in [-0.05, 0) is 36.9 Å². The van der Waals surface area contributed by atoms with Crippen LogP contribution >= 0.6 is 0 Å². The molecule has 0 aromatic carbocycles. The van der Waals surface area contributed by atoms with Crippen LogP contribution in [0, 0.1) is 17.7 Å². The fourth-order valence-corrected chi connectivity index (χ4v) is 2.56. The minimum atomic E-state index is -0.702. The third kappa shape index (κ3) is 3.26. The molecule has 1 fully saturated rings. The van der Waals surface area contributed by atoms with Crippen LogP contribution < -0.4 is 5.32 Å². The lowest BCUT2D eigenvalue weighted by molar-refractivity contribution is -0.142. The topological polar surface area (TPSA) is 62.2 Å². The summed E-state index contributed by atoms with van der Waals surface area (Å²) in [6, 6.07) is 1.43. The molecule has 0 radical (unpaired) electrons. The Morgan fingerprint density at radius 3 is 3.06 bits per heavy atom. The second kappa shape index (κ2) is 5.91. The van der Waals surface area contributed by atoms with Crippen molar-refractivity contribution in [1.29, 1.82) is 0 Å². The van der Waals surface area contributed by atoms with E-state index in [0.717, 1.165) is 24.8 Å². The first-order valence-corrected chi connectivity index (χ1v) is 6.20. The van der Waals surface area contributed by atoms with Crippen molar-refractivity contribution < 1.29 is 14.3 Å². The lowest BCUT2D eigenvalue weighted by atomic mass is 9.96. The molecule has 1 aliphatic rings. The maximum absolute atomic E-state index is 12.9. The largest absolute Gasteiger partial charge is 0.481 e. The molecule has 98 valence electrons. The van der Waals surface area contributed by atoms with Gasteiger partial charge in [0.2, 0.25) is 0 Å². The third-order valence-corrected chi connectivity index (χ3v) is 3.47. The molecule has 1 heterocycles. The molecule has 0 amide bonds. The Kier molecular flexibility index (Phi) is 4.25. The van der Waals surface area contributed by atoms with E-state index in [-0.39, 0.29) is 17.7 Å². The Bertz CT molecular complexity index is 425. The number of nitrogens with zero attached hydrogens (tertiary/aromatic N) is 1. The van der Waals surface area contributed by atoms with Crippen LogP contribution in [0.2, 0.25) is 0 Å². The molecule has 2 unspecified atom stereocenters. The van der Waals surface area contributed by atoms with E-state index in [1.54, 1.807) is 6.20 Å². The molecular weight excluding hydrogens is 235 g/mol. The summed E-state index contributed by atoms with van der Waals surface area (Å²) in [5, 5.41) is 12.2. The predicted octanol–water partition coefficient (Wildman–Crippen LogP) is 1.81. The molecular formula is C13H17FN2O2. The number of nitrogens with one attached hydrogen (secondary N) is 1. The van der Waals surface area contributed by atoms with Gasteiger partial charge in [0.25, 0.3) is 0 Å². The molecule has 2 rings (SSSR count). The normalized spacial score (nSPS) is 23.2.